The summed E-state index contributed by atoms with van der Waals surface area (Å²) in [5.41, 5.74) is 0.626. The van der Waals surface area contributed by atoms with Gasteiger partial charge in [0.2, 0.25) is 0 Å². The normalized spacial score (nSPS) is 20.6. The van der Waals surface area contributed by atoms with Crippen LogP contribution in [-0.2, 0) is 0 Å². The lowest BCUT2D eigenvalue weighted by molar-refractivity contribution is 0.268. The molecule has 0 atom stereocenters. The Kier molecular flexibility index (Phi) is 3.68. The molecule has 0 spiro atoms. The largest absolute Gasteiger partial charge is 0.369 e. The van der Waals surface area contributed by atoms with Gasteiger partial charge in [-0.3, -0.25) is 0 Å². The SMILES string of the molecule is CC(C)[Si]1(Cl)N(C(C)(C)C)C=CN1C(C)(C)C. The Labute approximate surface area is 112 Å². The van der Waals surface area contributed by atoms with E-state index in [-0.39, 0.29) is 11.1 Å². The van der Waals surface area contributed by atoms with E-state index in [1.807, 2.05) is 0 Å². The van der Waals surface area contributed by atoms with Gasteiger partial charge in [-0.2, -0.15) is 0 Å². The van der Waals surface area contributed by atoms with Crippen LogP contribution in [0, 0.1) is 0 Å². The minimum Gasteiger partial charge on any atom is -0.369 e. The second-order valence-corrected chi connectivity index (χ2v) is 12.2. The molecule has 0 saturated heterocycles. The Hall–Kier alpha value is -0.153. The van der Waals surface area contributed by atoms with Crippen molar-refractivity contribution >= 4 is 18.8 Å². The summed E-state index contributed by atoms with van der Waals surface area (Å²) < 4.78 is 4.80. The molecule has 1 aliphatic heterocycles. The fourth-order valence-corrected chi connectivity index (χ4v) is 8.04. The van der Waals surface area contributed by atoms with E-state index in [0.29, 0.717) is 5.54 Å². The molecule has 0 aromatic heterocycles. The molecule has 0 bridgehead atoms. The molecule has 1 rings (SSSR count). The summed E-state index contributed by atoms with van der Waals surface area (Å²) in [4.78, 5) is 0. The molecule has 4 heteroatoms. The van der Waals surface area contributed by atoms with Crippen molar-refractivity contribution in [3.05, 3.63) is 12.4 Å². The summed E-state index contributed by atoms with van der Waals surface area (Å²) in [6.07, 6.45) is 4.37. The van der Waals surface area contributed by atoms with Crippen molar-refractivity contribution in [1.82, 2.24) is 9.13 Å². The van der Waals surface area contributed by atoms with Crippen LogP contribution in [0.1, 0.15) is 55.4 Å². The average Bonchev–Trinajstić information content (AvgIpc) is 2.41. The molecule has 1 heterocycles. The van der Waals surface area contributed by atoms with Gasteiger partial charge in [0.05, 0.1) is 0 Å². The van der Waals surface area contributed by atoms with Crippen LogP contribution in [-0.4, -0.2) is 27.9 Å². The van der Waals surface area contributed by atoms with E-state index >= 15 is 0 Å². The van der Waals surface area contributed by atoms with Crippen molar-refractivity contribution < 1.29 is 0 Å². The highest BCUT2D eigenvalue weighted by Crippen LogP contribution is 2.44. The van der Waals surface area contributed by atoms with Crippen LogP contribution in [0.2, 0.25) is 5.54 Å². The molecule has 0 aromatic rings. The number of hydrogen-bond donors (Lipinski definition) is 0. The monoisotopic (exact) mass is 274 g/mol. The fraction of sp³-hybridized carbons (Fsp3) is 0.846. The van der Waals surface area contributed by atoms with Crippen molar-refractivity contribution in [2.75, 3.05) is 0 Å². The van der Waals surface area contributed by atoms with Crippen LogP contribution in [0.25, 0.3) is 0 Å². The van der Waals surface area contributed by atoms with Gasteiger partial charge in [-0.25, -0.2) is 0 Å². The van der Waals surface area contributed by atoms with Crippen molar-refractivity contribution in [2.45, 2.75) is 72.0 Å². The van der Waals surface area contributed by atoms with Crippen LogP contribution >= 0.6 is 11.1 Å². The minimum absolute atomic E-state index is 0.0781. The third-order valence-corrected chi connectivity index (χ3v) is 10.1. The number of nitrogens with zero attached hydrogens (tertiary/aromatic N) is 2. The second kappa shape index (κ2) is 4.20. The molecule has 0 amide bonds. The topological polar surface area (TPSA) is 6.48 Å². The molecule has 100 valence electrons. The van der Waals surface area contributed by atoms with Crippen molar-refractivity contribution in [3.8, 4) is 0 Å². The smallest absolute Gasteiger partial charge is 0.368 e. The molecule has 1 aliphatic rings. The van der Waals surface area contributed by atoms with Gasteiger partial charge >= 0.3 is 7.71 Å². The van der Waals surface area contributed by atoms with Crippen molar-refractivity contribution in [3.63, 3.8) is 0 Å². The lowest BCUT2D eigenvalue weighted by Gasteiger charge is -2.51. The van der Waals surface area contributed by atoms with Gasteiger partial charge in [-0.05, 0) is 47.1 Å². The van der Waals surface area contributed by atoms with E-state index in [0.717, 1.165) is 0 Å². The van der Waals surface area contributed by atoms with Gasteiger partial charge in [-0.1, -0.05) is 13.8 Å². The molecule has 0 fully saturated rings. The predicted molar refractivity (Wildman–Crippen MR) is 79.0 cm³/mol. The maximum Gasteiger partial charge on any atom is 0.368 e. The number of hydrogen-bond acceptors (Lipinski definition) is 2. The molecule has 17 heavy (non-hydrogen) atoms. The van der Waals surface area contributed by atoms with Gasteiger partial charge in [0, 0.05) is 23.5 Å². The third-order valence-electron chi connectivity index (χ3n) is 3.22. The molecular weight excluding hydrogens is 248 g/mol. The van der Waals surface area contributed by atoms with Gasteiger partial charge in [0.15, 0.2) is 0 Å². The van der Waals surface area contributed by atoms with Gasteiger partial charge in [0.25, 0.3) is 0 Å². The van der Waals surface area contributed by atoms with Gasteiger partial charge in [-0.15, -0.1) is 11.1 Å². The first kappa shape index (κ1) is 14.9. The zero-order valence-corrected chi connectivity index (χ0v) is 14.3. The second-order valence-electron chi connectivity index (χ2n) is 7.17. The molecular formula is C13H27ClN2Si. The van der Waals surface area contributed by atoms with E-state index < -0.39 is 7.71 Å². The van der Waals surface area contributed by atoms with E-state index in [2.05, 4.69) is 76.9 Å². The summed E-state index contributed by atoms with van der Waals surface area (Å²) in [6, 6.07) is 0. The molecule has 0 radical (unpaired) electrons. The molecule has 0 aliphatic carbocycles. The summed E-state index contributed by atoms with van der Waals surface area (Å²) in [5, 5.41) is 0. The summed E-state index contributed by atoms with van der Waals surface area (Å²) in [6.45, 7) is 17.9. The summed E-state index contributed by atoms with van der Waals surface area (Å²) in [5.74, 6) is 0. The average molecular weight is 275 g/mol. The summed E-state index contributed by atoms with van der Waals surface area (Å²) in [7, 11) is -2.17. The van der Waals surface area contributed by atoms with Crippen molar-refractivity contribution in [1.29, 1.82) is 0 Å². The zero-order chi connectivity index (χ0) is 13.6. The molecule has 0 unspecified atom stereocenters. The van der Waals surface area contributed by atoms with Crippen LogP contribution in [0.15, 0.2) is 12.4 Å². The van der Waals surface area contributed by atoms with Crippen LogP contribution in [0.3, 0.4) is 0 Å². The summed E-state index contributed by atoms with van der Waals surface area (Å²) >= 11 is 7.14. The first-order valence-corrected chi connectivity index (χ1v) is 9.36. The van der Waals surface area contributed by atoms with E-state index in [9.17, 15) is 0 Å². The standard InChI is InChI=1S/C13H27ClN2Si/c1-11(2)17(14)15(12(3,4)5)9-10-16(17)13(6,7)8/h9-11H,1-8H3. The lowest BCUT2D eigenvalue weighted by atomic mass is 10.1. The maximum absolute atomic E-state index is 7.14. The van der Waals surface area contributed by atoms with E-state index in [1.165, 1.54) is 0 Å². The highest BCUT2D eigenvalue weighted by Gasteiger charge is 2.55. The van der Waals surface area contributed by atoms with Gasteiger partial charge < -0.3 is 9.13 Å². The Bertz CT molecular complexity index is 288. The fourth-order valence-electron chi connectivity index (χ4n) is 2.40. The maximum atomic E-state index is 7.14. The molecule has 0 N–H and O–H groups in total. The number of halogens is 1. The van der Waals surface area contributed by atoms with E-state index in [1.54, 1.807) is 0 Å². The van der Waals surface area contributed by atoms with Crippen LogP contribution < -0.4 is 0 Å². The first-order chi connectivity index (χ1) is 7.41. The lowest BCUT2D eigenvalue weighted by Crippen LogP contribution is -2.65. The number of rotatable bonds is 1. The third kappa shape index (κ3) is 2.50. The Morgan fingerprint density at radius 3 is 1.35 bits per heavy atom. The molecule has 0 aromatic carbocycles. The van der Waals surface area contributed by atoms with E-state index in [4.69, 9.17) is 11.1 Å². The molecule has 2 nitrogen and oxygen atoms in total. The van der Waals surface area contributed by atoms with Crippen LogP contribution in [0.4, 0.5) is 0 Å². The Morgan fingerprint density at radius 1 is 0.882 bits per heavy atom. The Balaban J connectivity index is 3.21. The quantitative estimate of drug-likeness (QED) is 0.521. The minimum atomic E-state index is -2.17. The Morgan fingerprint density at radius 2 is 1.18 bits per heavy atom. The van der Waals surface area contributed by atoms with Crippen molar-refractivity contribution in [2.24, 2.45) is 0 Å². The highest BCUT2D eigenvalue weighted by atomic mass is 35.6. The zero-order valence-electron chi connectivity index (χ0n) is 12.5. The van der Waals surface area contributed by atoms with Crippen LogP contribution in [0.5, 0.6) is 0 Å². The predicted octanol–water partition coefficient (Wildman–Crippen LogP) is 4.26. The molecule has 0 saturated carbocycles. The van der Waals surface area contributed by atoms with Gasteiger partial charge in [0.1, 0.15) is 0 Å². The highest BCUT2D eigenvalue weighted by molar-refractivity contribution is 7.18. The first-order valence-electron chi connectivity index (χ1n) is 6.38.